The van der Waals surface area contributed by atoms with E-state index in [0.29, 0.717) is 16.5 Å². The lowest BCUT2D eigenvalue weighted by atomic mass is 9.84. The summed E-state index contributed by atoms with van der Waals surface area (Å²) in [6, 6.07) is 11.5. The van der Waals surface area contributed by atoms with Crippen molar-refractivity contribution >= 4 is 34.8 Å². The highest BCUT2D eigenvalue weighted by Gasteiger charge is 2.27. The van der Waals surface area contributed by atoms with Crippen molar-refractivity contribution in [2.75, 3.05) is 5.32 Å². The fourth-order valence-electron chi connectivity index (χ4n) is 2.64. The molecule has 3 rings (SSSR count). The number of benzene rings is 2. The maximum absolute atomic E-state index is 11.9. The van der Waals surface area contributed by atoms with Crippen molar-refractivity contribution in [1.29, 1.82) is 0 Å². The molecule has 1 atom stereocenters. The molecule has 2 aromatic carbocycles. The molecule has 0 saturated heterocycles. The van der Waals surface area contributed by atoms with Gasteiger partial charge in [0.25, 0.3) is 0 Å². The molecule has 0 aliphatic carbocycles. The van der Waals surface area contributed by atoms with E-state index in [4.69, 9.17) is 23.2 Å². The summed E-state index contributed by atoms with van der Waals surface area (Å²) in [6.07, 6.45) is 0.401. The molecule has 1 aliphatic rings. The van der Waals surface area contributed by atoms with E-state index in [9.17, 15) is 4.79 Å². The van der Waals surface area contributed by atoms with E-state index in [1.54, 1.807) is 6.07 Å². The summed E-state index contributed by atoms with van der Waals surface area (Å²) in [6.45, 7) is 2.04. The summed E-state index contributed by atoms with van der Waals surface area (Å²) >= 11 is 12.2. The normalized spacial score (nSPS) is 17.6. The van der Waals surface area contributed by atoms with Crippen LogP contribution in [0.25, 0.3) is 0 Å². The zero-order valence-electron chi connectivity index (χ0n) is 10.9. The standard InChI is InChI=1S/C16H13Cl2NO/c1-9-2-5-15-13(6-9)12(8-16(20)19-15)11-4-3-10(17)7-14(11)18/h2-7,12H,8H2,1H3,(H,19,20)/t12-/m1/s1. The minimum absolute atomic E-state index is 0.0115. The Bertz CT molecular complexity index is 697. The van der Waals surface area contributed by atoms with Crippen LogP contribution in [0.3, 0.4) is 0 Å². The van der Waals surface area contributed by atoms with Gasteiger partial charge in [-0.25, -0.2) is 0 Å². The molecule has 1 amide bonds. The lowest BCUT2D eigenvalue weighted by Gasteiger charge is -2.27. The summed E-state index contributed by atoms with van der Waals surface area (Å²) in [5, 5.41) is 4.11. The van der Waals surface area contributed by atoms with Gasteiger partial charge >= 0.3 is 0 Å². The van der Waals surface area contributed by atoms with E-state index >= 15 is 0 Å². The van der Waals surface area contributed by atoms with Gasteiger partial charge in [-0.05, 0) is 36.2 Å². The monoisotopic (exact) mass is 305 g/mol. The molecule has 1 heterocycles. The first-order valence-corrected chi connectivity index (χ1v) is 7.15. The first-order chi connectivity index (χ1) is 9.54. The predicted octanol–water partition coefficient (Wildman–Crippen LogP) is 4.78. The average Bonchev–Trinajstić information content (AvgIpc) is 2.39. The molecule has 0 saturated carbocycles. The predicted molar refractivity (Wildman–Crippen MR) is 82.7 cm³/mol. The lowest BCUT2D eigenvalue weighted by Crippen LogP contribution is -2.23. The van der Waals surface area contributed by atoms with Crippen LogP contribution in [0.2, 0.25) is 10.0 Å². The van der Waals surface area contributed by atoms with Crippen molar-refractivity contribution in [3.8, 4) is 0 Å². The number of carbonyl (C=O) groups excluding carboxylic acids is 1. The van der Waals surface area contributed by atoms with Crippen molar-refractivity contribution in [3.05, 3.63) is 63.1 Å². The number of halogens is 2. The first-order valence-electron chi connectivity index (χ1n) is 6.40. The lowest BCUT2D eigenvalue weighted by molar-refractivity contribution is -0.116. The topological polar surface area (TPSA) is 29.1 Å². The highest BCUT2D eigenvalue weighted by Crippen LogP contribution is 2.40. The van der Waals surface area contributed by atoms with Crippen molar-refractivity contribution in [2.45, 2.75) is 19.3 Å². The smallest absolute Gasteiger partial charge is 0.225 e. The summed E-state index contributed by atoms with van der Waals surface area (Å²) in [5.74, 6) is -0.0132. The maximum Gasteiger partial charge on any atom is 0.225 e. The molecule has 0 radical (unpaired) electrons. The van der Waals surface area contributed by atoms with Crippen LogP contribution in [0.15, 0.2) is 36.4 Å². The van der Waals surface area contributed by atoms with Gasteiger partial charge in [0.05, 0.1) is 0 Å². The van der Waals surface area contributed by atoms with E-state index in [1.807, 2.05) is 31.2 Å². The highest BCUT2D eigenvalue weighted by molar-refractivity contribution is 6.35. The molecule has 102 valence electrons. The molecule has 20 heavy (non-hydrogen) atoms. The second-order valence-corrected chi connectivity index (χ2v) is 5.91. The number of rotatable bonds is 1. The highest BCUT2D eigenvalue weighted by atomic mass is 35.5. The number of hydrogen-bond acceptors (Lipinski definition) is 1. The van der Waals surface area contributed by atoms with Crippen LogP contribution < -0.4 is 5.32 Å². The number of fused-ring (bicyclic) bond motifs is 1. The van der Waals surface area contributed by atoms with E-state index < -0.39 is 0 Å². The van der Waals surface area contributed by atoms with Crippen LogP contribution in [0.5, 0.6) is 0 Å². The molecule has 4 heteroatoms. The van der Waals surface area contributed by atoms with E-state index in [-0.39, 0.29) is 11.8 Å². The quantitative estimate of drug-likeness (QED) is 0.807. The number of hydrogen-bond donors (Lipinski definition) is 1. The third kappa shape index (κ3) is 2.41. The Morgan fingerprint density at radius 3 is 2.65 bits per heavy atom. The number of anilines is 1. The van der Waals surface area contributed by atoms with E-state index in [2.05, 4.69) is 11.4 Å². The van der Waals surface area contributed by atoms with Crippen molar-refractivity contribution in [3.63, 3.8) is 0 Å². The molecule has 2 nitrogen and oxygen atoms in total. The zero-order chi connectivity index (χ0) is 14.3. The molecule has 0 fully saturated rings. The largest absolute Gasteiger partial charge is 0.326 e. The number of aryl methyl sites for hydroxylation is 1. The average molecular weight is 306 g/mol. The molecular formula is C16H13Cl2NO. The Kier molecular flexibility index (Phi) is 3.45. The Hall–Kier alpha value is -1.51. The van der Waals surface area contributed by atoms with Gasteiger partial charge in [-0.15, -0.1) is 0 Å². The number of carbonyl (C=O) groups is 1. The van der Waals surface area contributed by atoms with Gasteiger partial charge in [0.1, 0.15) is 0 Å². The summed E-state index contributed by atoms with van der Waals surface area (Å²) in [5.41, 5.74) is 4.07. The second kappa shape index (κ2) is 5.12. The minimum atomic E-state index is -0.0246. The molecular weight excluding hydrogens is 293 g/mol. The van der Waals surface area contributed by atoms with Crippen molar-refractivity contribution in [2.24, 2.45) is 0 Å². The third-order valence-corrected chi connectivity index (χ3v) is 4.15. The van der Waals surface area contributed by atoms with Crippen LogP contribution in [0.4, 0.5) is 5.69 Å². The number of amides is 1. The van der Waals surface area contributed by atoms with E-state index in [1.165, 1.54) is 0 Å². The van der Waals surface area contributed by atoms with Crippen LogP contribution in [0, 0.1) is 6.92 Å². The van der Waals surface area contributed by atoms with Crippen LogP contribution in [-0.4, -0.2) is 5.91 Å². The van der Waals surface area contributed by atoms with Gasteiger partial charge in [0.15, 0.2) is 0 Å². The molecule has 0 spiro atoms. The van der Waals surface area contributed by atoms with Gasteiger partial charge in [0, 0.05) is 28.1 Å². The van der Waals surface area contributed by atoms with Gasteiger partial charge in [-0.3, -0.25) is 4.79 Å². The molecule has 0 bridgehead atoms. The van der Waals surface area contributed by atoms with Crippen LogP contribution in [0.1, 0.15) is 29.0 Å². The SMILES string of the molecule is Cc1ccc2c(c1)[C@@H](c1ccc(Cl)cc1Cl)CC(=O)N2. The number of nitrogens with one attached hydrogen (secondary N) is 1. The fourth-order valence-corrected chi connectivity index (χ4v) is 3.18. The third-order valence-electron chi connectivity index (χ3n) is 3.58. The molecule has 1 aliphatic heterocycles. The summed E-state index contributed by atoms with van der Waals surface area (Å²) in [7, 11) is 0. The van der Waals surface area contributed by atoms with Gasteiger partial charge < -0.3 is 5.32 Å². The van der Waals surface area contributed by atoms with Gasteiger partial charge in [0.2, 0.25) is 5.91 Å². The fraction of sp³-hybridized carbons (Fsp3) is 0.188. The summed E-state index contributed by atoms with van der Waals surface area (Å²) in [4.78, 5) is 11.9. The maximum atomic E-state index is 11.9. The zero-order valence-corrected chi connectivity index (χ0v) is 12.4. The Balaban J connectivity index is 2.14. The van der Waals surface area contributed by atoms with Crippen molar-refractivity contribution < 1.29 is 4.79 Å². The van der Waals surface area contributed by atoms with Crippen LogP contribution >= 0.6 is 23.2 Å². The van der Waals surface area contributed by atoms with Crippen molar-refractivity contribution in [1.82, 2.24) is 0 Å². The molecule has 2 aromatic rings. The second-order valence-electron chi connectivity index (χ2n) is 5.06. The Labute approximate surface area is 127 Å². The molecule has 0 aromatic heterocycles. The minimum Gasteiger partial charge on any atom is -0.326 e. The van der Waals surface area contributed by atoms with E-state index in [0.717, 1.165) is 22.4 Å². The van der Waals surface area contributed by atoms with Crippen LogP contribution in [-0.2, 0) is 4.79 Å². The molecule has 1 N–H and O–H groups in total. The van der Waals surface area contributed by atoms with Gasteiger partial charge in [-0.2, -0.15) is 0 Å². The Morgan fingerprint density at radius 2 is 1.90 bits per heavy atom. The Morgan fingerprint density at radius 1 is 1.10 bits per heavy atom. The molecule has 0 unspecified atom stereocenters. The van der Waals surface area contributed by atoms with Gasteiger partial charge in [-0.1, -0.05) is 47.0 Å². The first kappa shape index (κ1) is 13.5. The summed E-state index contributed by atoms with van der Waals surface area (Å²) < 4.78 is 0.